The van der Waals surface area contributed by atoms with Crippen LogP contribution in [0.3, 0.4) is 0 Å². The van der Waals surface area contributed by atoms with E-state index in [1.165, 1.54) is 0 Å². The van der Waals surface area contributed by atoms with Crippen molar-refractivity contribution in [3.63, 3.8) is 0 Å². The molecule has 2 N–H and O–H groups in total. The lowest BCUT2D eigenvalue weighted by Gasteiger charge is -2.06. The predicted octanol–water partition coefficient (Wildman–Crippen LogP) is 3.84. The number of hydrogen-bond donors (Lipinski definition) is 1. The van der Waals surface area contributed by atoms with Gasteiger partial charge in [0.25, 0.3) is 0 Å². The van der Waals surface area contributed by atoms with Gasteiger partial charge in [0.2, 0.25) is 0 Å². The summed E-state index contributed by atoms with van der Waals surface area (Å²) in [7, 11) is 0. The van der Waals surface area contributed by atoms with Gasteiger partial charge in [-0.2, -0.15) is 0 Å². The molecule has 3 aromatic rings. The minimum Gasteiger partial charge on any atom is -0.381 e. The molecule has 3 nitrogen and oxygen atoms in total. The molecule has 0 atom stereocenters. The average Bonchev–Trinajstić information content (AvgIpc) is 2.53. The van der Waals surface area contributed by atoms with Crippen LogP contribution in [0.15, 0.2) is 54.6 Å². The highest BCUT2D eigenvalue weighted by molar-refractivity contribution is 5.68. The van der Waals surface area contributed by atoms with Gasteiger partial charge in [-0.3, -0.25) is 0 Å². The zero-order chi connectivity index (χ0) is 14.8. The third kappa shape index (κ3) is 2.60. The minimum atomic E-state index is -0.556. The number of nitrogens with two attached hydrogens (primary N) is 1. The third-order valence-corrected chi connectivity index (χ3v) is 3.29. The van der Waals surface area contributed by atoms with Crippen molar-refractivity contribution in [1.82, 2.24) is 9.97 Å². The summed E-state index contributed by atoms with van der Waals surface area (Å²) in [4.78, 5) is 8.14. The summed E-state index contributed by atoms with van der Waals surface area (Å²) in [5.74, 6) is -0.240. The molecule has 0 aliphatic heterocycles. The molecule has 0 unspecified atom stereocenters. The Hall–Kier alpha value is -2.75. The van der Waals surface area contributed by atoms with Crippen LogP contribution in [0.25, 0.3) is 22.5 Å². The maximum absolute atomic E-state index is 13.5. The largest absolute Gasteiger partial charge is 0.381 e. The second-order valence-electron chi connectivity index (χ2n) is 4.78. The van der Waals surface area contributed by atoms with Crippen LogP contribution in [0, 0.1) is 12.7 Å². The Labute approximate surface area is 122 Å². The highest BCUT2D eigenvalue weighted by Gasteiger charge is 2.10. The standard InChI is InChI=1S/C17H14FN3/c1-11-15(18)16(19)21-17(20-11)14-9-7-13(8-10-14)12-5-3-2-4-6-12/h2-10H,1H3,(H2,19,20,21). The van der Waals surface area contributed by atoms with Crippen LogP contribution in [-0.4, -0.2) is 9.97 Å². The number of halogens is 1. The zero-order valence-electron chi connectivity index (χ0n) is 11.5. The summed E-state index contributed by atoms with van der Waals surface area (Å²) in [6.07, 6.45) is 0. The van der Waals surface area contributed by atoms with Gasteiger partial charge >= 0.3 is 0 Å². The van der Waals surface area contributed by atoms with Gasteiger partial charge in [-0.25, -0.2) is 14.4 Å². The summed E-state index contributed by atoms with van der Waals surface area (Å²) < 4.78 is 13.5. The van der Waals surface area contributed by atoms with Crippen molar-refractivity contribution in [2.75, 3.05) is 5.73 Å². The fourth-order valence-electron chi connectivity index (χ4n) is 2.15. The lowest BCUT2D eigenvalue weighted by molar-refractivity contribution is 0.608. The Kier molecular flexibility index (Phi) is 3.36. The molecular weight excluding hydrogens is 265 g/mol. The monoisotopic (exact) mass is 279 g/mol. The zero-order valence-corrected chi connectivity index (χ0v) is 11.5. The van der Waals surface area contributed by atoms with Crippen LogP contribution < -0.4 is 5.73 Å². The maximum atomic E-state index is 13.5. The molecule has 1 aromatic heterocycles. The molecule has 0 radical (unpaired) electrons. The highest BCUT2D eigenvalue weighted by Crippen LogP contribution is 2.24. The van der Waals surface area contributed by atoms with Crippen LogP contribution in [0.1, 0.15) is 5.69 Å². The van der Waals surface area contributed by atoms with Crippen molar-refractivity contribution in [2.45, 2.75) is 6.92 Å². The Morgan fingerprint density at radius 3 is 2.00 bits per heavy atom. The highest BCUT2D eigenvalue weighted by atomic mass is 19.1. The normalized spacial score (nSPS) is 10.6. The first kappa shape index (κ1) is 13.2. The van der Waals surface area contributed by atoms with Crippen molar-refractivity contribution in [3.8, 4) is 22.5 Å². The van der Waals surface area contributed by atoms with Gasteiger partial charge in [-0.05, 0) is 18.1 Å². The molecule has 0 bridgehead atoms. The molecule has 0 fully saturated rings. The van der Waals surface area contributed by atoms with E-state index in [0.717, 1.165) is 16.7 Å². The van der Waals surface area contributed by atoms with E-state index in [1.807, 2.05) is 54.6 Å². The molecule has 0 saturated carbocycles. The first-order valence-corrected chi connectivity index (χ1v) is 6.60. The van der Waals surface area contributed by atoms with Gasteiger partial charge in [0.15, 0.2) is 17.5 Å². The van der Waals surface area contributed by atoms with Gasteiger partial charge in [-0.1, -0.05) is 54.6 Å². The number of benzene rings is 2. The molecule has 2 aromatic carbocycles. The van der Waals surface area contributed by atoms with E-state index in [1.54, 1.807) is 6.92 Å². The van der Waals surface area contributed by atoms with Crippen molar-refractivity contribution in [1.29, 1.82) is 0 Å². The Balaban J connectivity index is 1.98. The van der Waals surface area contributed by atoms with Crippen molar-refractivity contribution in [2.24, 2.45) is 0 Å². The summed E-state index contributed by atoms with van der Waals surface area (Å²) >= 11 is 0. The molecule has 0 amide bonds. The molecular formula is C17H14FN3. The lowest BCUT2D eigenvalue weighted by Crippen LogP contribution is -2.02. The molecule has 1 heterocycles. The minimum absolute atomic E-state index is 0.121. The molecule has 4 heteroatoms. The Bertz CT molecular complexity index is 745. The van der Waals surface area contributed by atoms with E-state index in [-0.39, 0.29) is 11.5 Å². The molecule has 104 valence electrons. The molecule has 3 rings (SSSR count). The number of aromatic nitrogens is 2. The van der Waals surface area contributed by atoms with Crippen molar-refractivity contribution < 1.29 is 4.39 Å². The summed E-state index contributed by atoms with van der Waals surface area (Å²) in [5.41, 5.74) is 8.86. The van der Waals surface area contributed by atoms with Crippen molar-refractivity contribution in [3.05, 3.63) is 66.1 Å². The van der Waals surface area contributed by atoms with Crippen LogP contribution in [0.2, 0.25) is 0 Å². The first-order chi connectivity index (χ1) is 10.1. The smallest absolute Gasteiger partial charge is 0.186 e. The van der Waals surface area contributed by atoms with Gasteiger partial charge < -0.3 is 5.73 Å². The molecule has 21 heavy (non-hydrogen) atoms. The van der Waals surface area contributed by atoms with E-state index in [0.29, 0.717) is 5.82 Å². The van der Waals surface area contributed by atoms with E-state index in [4.69, 9.17) is 5.73 Å². The molecule has 0 saturated heterocycles. The summed E-state index contributed by atoms with van der Waals surface area (Å²) in [6.45, 7) is 1.58. The van der Waals surface area contributed by atoms with Crippen LogP contribution in [-0.2, 0) is 0 Å². The van der Waals surface area contributed by atoms with Gasteiger partial charge in [0.05, 0.1) is 5.69 Å². The van der Waals surface area contributed by atoms with E-state index < -0.39 is 5.82 Å². The number of anilines is 1. The van der Waals surface area contributed by atoms with E-state index in [9.17, 15) is 4.39 Å². The fraction of sp³-hybridized carbons (Fsp3) is 0.0588. The van der Waals surface area contributed by atoms with Crippen LogP contribution in [0.5, 0.6) is 0 Å². The second kappa shape index (κ2) is 5.32. The van der Waals surface area contributed by atoms with Gasteiger partial charge in [-0.15, -0.1) is 0 Å². The summed E-state index contributed by atoms with van der Waals surface area (Å²) in [5, 5.41) is 0. The fourth-order valence-corrected chi connectivity index (χ4v) is 2.15. The van der Waals surface area contributed by atoms with E-state index in [2.05, 4.69) is 9.97 Å². The second-order valence-corrected chi connectivity index (χ2v) is 4.78. The topological polar surface area (TPSA) is 51.8 Å². The van der Waals surface area contributed by atoms with Gasteiger partial charge in [0.1, 0.15) is 0 Å². The third-order valence-electron chi connectivity index (χ3n) is 3.29. The number of nitrogen functional groups attached to an aromatic ring is 1. The first-order valence-electron chi connectivity index (χ1n) is 6.60. The SMILES string of the molecule is Cc1nc(-c2ccc(-c3ccccc3)cc2)nc(N)c1F. The maximum Gasteiger partial charge on any atom is 0.186 e. The van der Waals surface area contributed by atoms with Crippen molar-refractivity contribution >= 4 is 5.82 Å². The Morgan fingerprint density at radius 2 is 1.38 bits per heavy atom. The van der Waals surface area contributed by atoms with Gasteiger partial charge in [0, 0.05) is 5.56 Å². The van der Waals surface area contributed by atoms with Crippen LogP contribution in [0.4, 0.5) is 10.2 Å². The molecule has 0 aliphatic rings. The number of rotatable bonds is 2. The van der Waals surface area contributed by atoms with E-state index >= 15 is 0 Å². The number of aryl methyl sites for hydroxylation is 1. The predicted molar refractivity (Wildman–Crippen MR) is 82.0 cm³/mol. The average molecular weight is 279 g/mol. The number of hydrogen-bond acceptors (Lipinski definition) is 3. The quantitative estimate of drug-likeness (QED) is 0.775. The van der Waals surface area contributed by atoms with Crippen LogP contribution >= 0.6 is 0 Å². The molecule has 0 spiro atoms. The molecule has 0 aliphatic carbocycles. The Morgan fingerprint density at radius 1 is 0.810 bits per heavy atom. The lowest BCUT2D eigenvalue weighted by atomic mass is 10.0. The summed E-state index contributed by atoms with van der Waals surface area (Å²) in [6, 6.07) is 17.9. The number of nitrogens with zero attached hydrogens (tertiary/aromatic N) is 2.